The van der Waals surface area contributed by atoms with Gasteiger partial charge < -0.3 is 14.6 Å². The van der Waals surface area contributed by atoms with Crippen LogP contribution in [0.5, 0.6) is 17.2 Å². The van der Waals surface area contributed by atoms with Crippen LogP contribution in [-0.4, -0.2) is 18.3 Å². The van der Waals surface area contributed by atoms with Crippen LogP contribution in [0, 0.1) is 11.3 Å². The Bertz CT molecular complexity index is 357. The number of phenols is 1. The molecule has 0 spiro atoms. The van der Waals surface area contributed by atoms with Crippen LogP contribution in [0.25, 0.3) is 0 Å². The number of phenolic OH excluding ortho intramolecular Hbond substituents is 1. The van der Waals surface area contributed by atoms with Crippen molar-refractivity contribution in [1.29, 1.82) is 5.26 Å². The summed E-state index contributed by atoms with van der Waals surface area (Å²) in [5, 5.41) is 17.8. The minimum atomic E-state index is -0.554. The Balaban J connectivity index is 2.87. The van der Waals surface area contributed by atoms with Gasteiger partial charge in [-0.25, -0.2) is 0 Å². The van der Waals surface area contributed by atoms with Crippen LogP contribution in [0.4, 0.5) is 0 Å². The van der Waals surface area contributed by atoms with Gasteiger partial charge in [-0.1, -0.05) is 0 Å². The summed E-state index contributed by atoms with van der Waals surface area (Å²) in [6.07, 6.45) is -0.554. The smallest absolute Gasteiger partial charge is 0.181 e. The van der Waals surface area contributed by atoms with Crippen molar-refractivity contribution in [2.45, 2.75) is 13.0 Å². The van der Waals surface area contributed by atoms with Gasteiger partial charge in [-0.15, -0.1) is 0 Å². The highest BCUT2D eigenvalue weighted by atomic mass is 16.5. The van der Waals surface area contributed by atoms with Crippen molar-refractivity contribution in [2.24, 2.45) is 0 Å². The molecule has 14 heavy (non-hydrogen) atoms. The maximum Gasteiger partial charge on any atom is 0.181 e. The van der Waals surface area contributed by atoms with Crippen molar-refractivity contribution in [1.82, 2.24) is 0 Å². The van der Waals surface area contributed by atoms with Crippen LogP contribution in [0.1, 0.15) is 6.92 Å². The lowest BCUT2D eigenvalue weighted by molar-refractivity contribution is 0.273. The minimum absolute atomic E-state index is 0.0458. The minimum Gasteiger partial charge on any atom is -0.508 e. The standard InChI is InChI=1S/C10H11NO3/c1-7(6-11)14-10-4-8(12)3-9(5-10)13-2/h3-5,7,12H,1-2H3. The number of hydrogen-bond donors (Lipinski definition) is 1. The van der Waals surface area contributed by atoms with Crippen molar-refractivity contribution < 1.29 is 14.6 Å². The van der Waals surface area contributed by atoms with Gasteiger partial charge in [-0.2, -0.15) is 5.26 Å². The molecule has 0 bridgehead atoms. The molecule has 0 fully saturated rings. The third-order valence-corrected chi connectivity index (χ3v) is 1.60. The molecule has 0 aromatic heterocycles. The highest BCUT2D eigenvalue weighted by Crippen LogP contribution is 2.27. The second-order valence-corrected chi connectivity index (χ2v) is 2.76. The highest BCUT2D eigenvalue weighted by Gasteiger charge is 2.05. The number of methoxy groups -OCH3 is 1. The first-order valence-corrected chi connectivity index (χ1v) is 4.10. The highest BCUT2D eigenvalue weighted by molar-refractivity contribution is 5.41. The van der Waals surface area contributed by atoms with Gasteiger partial charge in [0.2, 0.25) is 0 Å². The average molecular weight is 193 g/mol. The maximum absolute atomic E-state index is 9.27. The molecular weight excluding hydrogens is 182 g/mol. The third-order valence-electron chi connectivity index (χ3n) is 1.60. The molecular formula is C10H11NO3. The number of nitrogens with zero attached hydrogens (tertiary/aromatic N) is 1. The van der Waals surface area contributed by atoms with E-state index < -0.39 is 6.10 Å². The van der Waals surface area contributed by atoms with E-state index in [1.165, 1.54) is 19.2 Å². The normalized spacial score (nSPS) is 11.5. The van der Waals surface area contributed by atoms with E-state index in [0.29, 0.717) is 11.5 Å². The predicted octanol–water partition coefficient (Wildman–Crippen LogP) is 1.69. The van der Waals surface area contributed by atoms with Crippen LogP contribution < -0.4 is 9.47 Å². The van der Waals surface area contributed by atoms with Gasteiger partial charge in [0.25, 0.3) is 0 Å². The summed E-state index contributed by atoms with van der Waals surface area (Å²) in [5.74, 6) is 0.950. The Labute approximate surface area is 82.3 Å². The number of rotatable bonds is 3. The topological polar surface area (TPSA) is 62.5 Å². The van der Waals surface area contributed by atoms with Crippen molar-refractivity contribution >= 4 is 0 Å². The predicted molar refractivity (Wildman–Crippen MR) is 50.4 cm³/mol. The molecule has 1 unspecified atom stereocenters. The third kappa shape index (κ3) is 2.56. The molecule has 0 aliphatic rings. The molecule has 0 aliphatic carbocycles. The summed E-state index contributed by atoms with van der Waals surface area (Å²) in [7, 11) is 1.49. The first-order chi connectivity index (χ1) is 6.65. The van der Waals surface area contributed by atoms with Gasteiger partial charge in [0.15, 0.2) is 6.10 Å². The van der Waals surface area contributed by atoms with E-state index in [1.54, 1.807) is 13.0 Å². The van der Waals surface area contributed by atoms with Gasteiger partial charge in [-0.3, -0.25) is 0 Å². The van der Waals surface area contributed by atoms with E-state index >= 15 is 0 Å². The molecule has 0 radical (unpaired) electrons. The molecule has 1 aromatic carbocycles. The fourth-order valence-corrected chi connectivity index (χ4v) is 0.973. The molecule has 1 N–H and O–H groups in total. The van der Waals surface area contributed by atoms with E-state index in [2.05, 4.69) is 0 Å². The van der Waals surface area contributed by atoms with Crippen molar-refractivity contribution in [2.75, 3.05) is 7.11 Å². The number of hydrogen-bond acceptors (Lipinski definition) is 4. The SMILES string of the molecule is COc1cc(O)cc(OC(C)C#N)c1. The molecule has 0 saturated heterocycles. The second-order valence-electron chi connectivity index (χ2n) is 2.76. The van der Waals surface area contributed by atoms with Crippen LogP contribution >= 0.6 is 0 Å². The average Bonchev–Trinajstić information content (AvgIpc) is 2.16. The first-order valence-electron chi connectivity index (χ1n) is 4.10. The molecule has 0 saturated carbocycles. The Hall–Kier alpha value is -1.89. The zero-order valence-electron chi connectivity index (χ0n) is 8.02. The molecule has 4 nitrogen and oxygen atoms in total. The molecule has 4 heteroatoms. The number of nitriles is 1. The fraction of sp³-hybridized carbons (Fsp3) is 0.300. The second kappa shape index (κ2) is 4.38. The van der Waals surface area contributed by atoms with Crippen molar-refractivity contribution in [3.05, 3.63) is 18.2 Å². The van der Waals surface area contributed by atoms with Crippen LogP contribution in [-0.2, 0) is 0 Å². The van der Waals surface area contributed by atoms with Gasteiger partial charge in [0.1, 0.15) is 23.3 Å². The van der Waals surface area contributed by atoms with E-state index in [4.69, 9.17) is 14.7 Å². The fourth-order valence-electron chi connectivity index (χ4n) is 0.973. The number of aromatic hydroxyl groups is 1. The van der Waals surface area contributed by atoms with Crippen molar-refractivity contribution in [3.8, 4) is 23.3 Å². The van der Waals surface area contributed by atoms with E-state index in [1.807, 2.05) is 6.07 Å². The summed E-state index contributed by atoms with van der Waals surface area (Å²) in [6.45, 7) is 1.62. The van der Waals surface area contributed by atoms with Crippen LogP contribution in [0.3, 0.4) is 0 Å². The molecule has 1 aromatic rings. The van der Waals surface area contributed by atoms with Gasteiger partial charge in [0, 0.05) is 18.2 Å². The monoisotopic (exact) mass is 193 g/mol. The lowest BCUT2D eigenvalue weighted by Gasteiger charge is -2.09. The first kappa shape index (κ1) is 10.2. The van der Waals surface area contributed by atoms with E-state index in [-0.39, 0.29) is 5.75 Å². The zero-order valence-corrected chi connectivity index (χ0v) is 8.02. The Morgan fingerprint density at radius 1 is 1.36 bits per heavy atom. The summed E-state index contributed by atoms with van der Waals surface area (Å²) < 4.78 is 10.1. The Kier molecular flexibility index (Phi) is 3.19. The van der Waals surface area contributed by atoms with Crippen LogP contribution in [0.15, 0.2) is 18.2 Å². The quantitative estimate of drug-likeness (QED) is 0.793. The number of ether oxygens (including phenoxy) is 2. The maximum atomic E-state index is 9.27. The van der Waals surface area contributed by atoms with E-state index in [0.717, 1.165) is 0 Å². The van der Waals surface area contributed by atoms with Crippen molar-refractivity contribution in [3.63, 3.8) is 0 Å². The molecule has 0 heterocycles. The summed E-state index contributed by atoms with van der Waals surface area (Å²) in [5.41, 5.74) is 0. The molecule has 1 rings (SSSR count). The zero-order chi connectivity index (χ0) is 10.6. The molecule has 0 amide bonds. The Morgan fingerprint density at radius 3 is 2.57 bits per heavy atom. The van der Waals surface area contributed by atoms with Gasteiger partial charge in [0.05, 0.1) is 7.11 Å². The summed E-state index contributed by atoms with van der Waals surface area (Å²) in [6, 6.07) is 6.42. The lowest BCUT2D eigenvalue weighted by atomic mass is 10.3. The molecule has 0 aliphatic heterocycles. The van der Waals surface area contributed by atoms with Gasteiger partial charge in [-0.05, 0) is 6.92 Å². The molecule has 74 valence electrons. The largest absolute Gasteiger partial charge is 0.508 e. The summed E-state index contributed by atoms with van der Waals surface area (Å²) >= 11 is 0. The Morgan fingerprint density at radius 2 is 2.00 bits per heavy atom. The molecule has 1 atom stereocenters. The lowest BCUT2D eigenvalue weighted by Crippen LogP contribution is -2.07. The van der Waals surface area contributed by atoms with E-state index in [9.17, 15) is 5.11 Å². The van der Waals surface area contributed by atoms with Crippen LogP contribution in [0.2, 0.25) is 0 Å². The number of benzene rings is 1. The summed E-state index contributed by atoms with van der Waals surface area (Å²) in [4.78, 5) is 0. The van der Waals surface area contributed by atoms with Gasteiger partial charge >= 0.3 is 0 Å².